The van der Waals surface area contributed by atoms with Crippen LogP contribution in [0.2, 0.25) is 18.1 Å². The molecule has 188 valence electrons. The van der Waals surface area contributed by atoms with E-state index in [4.69, 9.17) is 4.43 Å². The summed E-state index contributed by atoms with van der Waals surface area (Å²) in [5, 5.41) is 2.00. The highest BCUT2D eigenvalue weighted by Gasteiger charge is 2.48. The van der Waals surface area contributed by atoms with E-state index < -0.39 is 8.32 Å². The lowest BCUT2D eigenvalue weighted by Crippen LogP contribution is -2.46. The second kappa shape index (κ2) is 9.32. The Kier molecular flexibility index (Phi) is 6.33. The van der Waals surface area contributed by atoms with E-state index in [9.17, 15) is 4.79 Å². The Labute approximate surface area is 216 Å². The van der Waals surface area contributed by atoms with Gasteiger partial charge in [0, 0.05) is 12.1 Å². The average molecular weight is 500 g/mol. The first-order valence-electron chi connectivity index (χ1n) is 12.9. The van der Waals surface area contributed by atoms with E-state index in [1.165, 1.54) is 16.8 Å². The minimum Gasteiger partial charge on any atom is -0.544 e. The van der Waals surface area contributed by atoms with Crippen LogP contribution < -0.4 is 14.8 Å². The lowest BCUT2D eigenvalue weighted by Gasteiger charge is -2.37. The zero-order chi connectivity index (χ0) is 25.5. The molecule has 2 heterocycles. The van der Waals surface area contributed by atoms with E-state index in [2.05, 4.69) is 92.7 Å². The Hall–Kier alpha value is -3.25. The zero-order valence-electron chi connectivity index (χ0n) is 22.0. The van der Waals surface area contributed by atoms with Gasteiger partial charge in [0.25, 0.3) is 5.91 Å². The van der Waals surface area contributed by atoms with Crippen LogP contribution in [0.15, 0.2) is 78.9 Å². The number of nitrogens with zero attached hydrogens (tertiary/aromatic N) is 2. The van der Waals surface area contributed by atoms with Gasteiger partial charge >= 0.3 is 0 Å². The van der Waals surface area contributed by atoms with Crippen LogP contribution in [-0.2, 0) is 17.6 Å². The molecular weight excluding hydrogens is 462 g/mol. The van der Waals surface area contributed by atoms with Gasteiger partial charge in [0.05, 0.1) is 5.69 Å². The van der Waals surface area contributed by atoms with Crippen LogP contribution >= 0.6 is 0 Å². The number of benzene rings is 3. The maximum Gasteiger partial charge on any atom is 0.265 e. The van der Waals surface area contributed by atoms with Crippen LogP contribution in [0.25, 0.3) is 0 Å². The van der Waals surface area contributed by atoms with Crippen molar-refractivity contribution in [2.75, 3.05) is 10.3 Å². The van der Waals surface area contributed by atoms with Crippen molar-refractivity contribution in [2.24, 2.45) is 0 Å². The lowest BCUT2D eigenvalue weighted by atomic mass is 9.96. The van der Waals surface area contributed by atoms with Crippen molar-refractivity contribution in [1.82, 2.24) is 5.01 Å². The molecule has 2 aliphatic rings. The number of amides is 1. The number of hydrogen-bond acceptors (Lipinski definition) is 4. The molecule has 0 radical (unpaired) electrons. The highest BCUT2D eigenvalue weighted by Crippen LogP contribution is 2.40. The van der Waals surface area contributed by atoms with Gasteiger partial charge in [-0.15, -0.1) is 0 Å². The summed E-state index contributed by atoms with van der Waals surface area (Å²) in [7, 11) is -1.90. The fourth-order valence-electron chi connectivity index (χ4n) is 4.94. The molecule has 0 aromatic heterocycles. The molecule has 3 aromatic carbocycles. The standard InChI is InChI=1S/C30H37N3O2Si/c1-30(2,3)36(4,5)35-25-18-15-22(16-19-25)21-28-32-26-14-10-9-11-23(26)17-20-27(32)29(34)33(28)31-24-12-7-6-8-13-24/h6-16,18-19,27-28,31H,17,20-21H2,1-5H3/t27-,28+/m0/s1. The highest BCUT2D eigenvalue weighted by atomic mass is 28.4. The van der Waals surface area contributed by atoms with Crippen LogP contribution in [0.1, 0.15) is 38.3 Å². The summed E-state index contributed by atoms with van der Waals surface area (Å²) in [6.45, 7) is 11.3. The summed E-state index contributed by atoms with van der Waals surface area (Å²) in [6.07, 6.45) is 2.35. The van der Waals surface area contributed by atoms with Crippen LogP contribution in [0.5, 0.6) is 5.75 Å². The molecule has 1 fully saturated rings. The molecule has 0 bridgehead atoms. The SMILES string of the molecule is CC(C)(C)[Si](C)(C)Oc1ccc(C[C@H]2N(Nc3ccccc3)C(=O)[C@@H]3CCc4ccccc4N32)cc1. The van der Waals surface area contributed by atoms with Crippen molar-refractivity contribution in [1.29, 1.82) is 0 Å². The predicted molar refractivity (Wildman–Crippen MR) is 150 cm³/mol. The molecule has 5 rings (SSSR count). The third-order valence-corrected chi connectivity index (χ3v) is 12.3. The average Bonchev–Trinajstić information content (AvgIpc) is 3.11. The Morgan fingerprint density at radius 3 is 2.31 bits per heavy atom. The van der Waals surface area contributed by atoms with Crippen LogP contribution in [0.4, 0.5) is 11.4 Å². The first-order chi connectivity index (χ1) is 17.1. The second-order valence-electron chi connectivity index (χ2n) is 11.5. The molecule has 0 aliphatic carbocycles. The van der Waals surface area contributed by atoms with Crippen LogP contribution in [-0.4, -0.2) is 31.4 Å². The Bertz CT molecular complexity index is 1220. The molecule has 3 aromatic rings. The normalized spacial score (nSPS) is 19.6. The molecule has 6 heteroatoms. The van der Waals surface area contributed by atoms with Gasteiger partial charge in [0.1, 0.15) is 18.0 Å². The summed E-state index contributed by atoms with van der Waals surface area (Å²) in [6, 6.07) is 26.8. The molecule has 2 atom stereocenters. The van der Waals surface area contributed by atoms with Crippen molar-refractivity contribution < 1.29 is 9.22 Å². The van der Waals surface area contributed by atoms with E-state index in [0.29, 0.717) is 0 Å². The number of nitrogens with one attached hydrogen (secondary N) is 1. The number of hydrogen-bond donors (Lipinski definition) is 1. The number of hydrazine groups is 1. The van der Waals surface area contributed by atoms with E-state index in [1.54, 1.807) is 0 Å². The first-order valence-corrected chi connectivity index (χ1v) is 15.8. The summed E-state index contributed by atoms with van der Waals surface area (Å²) in [5.41, 5.74) is 8.01. The second-order valence-corrected chi connectivity index (χ2v) is 16.2. The maximum absolute atomic E-state index is 13.7. The topological polar surface area (TPSA) is 44.8 Å². The van der Waals surface area contributed by atoms with Gasteiger partial charge in [-0.2, -0.15) is 0 Å². The van der Waals surface area contributed by atoms with E-state index in [-0.39, 0.29) is 23.2 Å². The Balaban J connectivity index is 1.44. The number of rotatable bonds is 6. The minimum atomic E-state index is -1.90. The first kappa shape index (κ1) is 24.4. The lowest BCUT2D eigenvalue weighted by molar-refractivity contribution is -0.128. The molecule has 0 spiro atoms. The molecule has 1 saturated heterocycles. The minimum absolute atomic E-state index is 0.128. The van der Waals surface area contributed by atoms with Gasteiger partial charge in [-0.3, -0.25) is 10.2 Å². The Morgan fingerprint density at radius 2 is 1.61 bits per heavy atom. The number of anilines is 2. The third-order valence-electron chi connectivity index (χ3n) is 7.98. The molecule has 2 aliphatic heterocycles. The zero-order valence-corrected chi connectivity index (χ0v) is 23.0. The Morgan fingerprint density at radius 1 is 0.944 bits per heavy atom. The summed E-state index contributed by atoms with van der Waals surface area (Å²) in [5.74, 6) is 1.06. The maximum atomic E-state index is 13.7. The van der Waals surface area contributed by atoms with Crippen LogP contribution in [0, 0.1) is 0 Å². The summed E-state index contributed by atoms with van der Waals surface area (Å²) < 4.78 is 6.49. The molecule has 5 nitrogen and oxygen atoms in total. The van der Waals surface area contributed by atoms with Gasteiger partial charge in [-0.05, 0) is 72.4 Å². The van der Waals surface area contributed by atoms with Crippen LogP contribution in [0.3, 0.4) is 0 Å². The fraction of sp³-hybridized carbons (Fsp3) is 0.367. The molecule has 36 heavy (non-hydrogen) atoms. The van der Waals surface area contributed by atoms with E-state index >= 15 is 0 Å². The van der Waals surface area contributed by atoms with Gasteiger partial charge in [0.2, 0.25) is 8.32 Å². The van der Waals surface area contributed by atoms with E-state index in [1.807, 2.05) is 35.3 Å². The van der Waals surface area contributed by atoms with Crippen molar-refractivity contribution in [3.05, 3.63) is 90.0 Å². The number of aryl methyl sites for hydroxylation is 1. The fourth-order valence-corrected chi connectivity index (χ4v) is 5.97. The molecule has 0 unspecified atom stereocenters. The smallest absolute Gasteiger partial charge is 0.265 e. The predicted octanol–water partition coefficient (Wildman–Crippen LogP) is 6.63. The van der Waals surface area contributed by atoms with Gasteiger partial charge in [-0.1, -0.05) is 69.3 Å². The molecular formula is C30H37N3O2Si. The third kappa shape index (κ3) is 4.62. The number of para-hydroxylation sites is 2. The van der Waals surface area contributed by atoms with Gasteiger partial charge < -0.3 is 9.33 Å². The molecule has 1 N–H and O–H groups in total. The van der Waals surface area contributed by atoms with Gasteiger partial charge in [-0.25, -0.2) is 5.01 Å². The largest absolute Gasteiger partial charge is 0.544 e. The van der Waals surface area contributed by atoms with Crippen molar-refractivity contribution >= 4 is 25.6 Å². The number of fused-ring (bicyclic) bond motifs is 3. The molecule has 0 saturated carbocycles. The quantitative estimate of drug-likeness (QED) is 0.387. The summed E-state index contributed by atoms with van der Waals surface area (Å²) >= 11 is 0. The number of carbonyl (C=O) groups is 1. The highest BCUT2D eigenvalue weighted by molar-refractivity contribution is 6.74. The van der Waals surface area contributed by atoms with Crippen molar-refractivity contribution in [3.8, 4) is 5.75 Å². The molecule has 1 amide bonds. The summed E-state index contributed by atoms with van der Waals surface area (Å²) in [4.78, 5) is 16.0. The van der Waals surface area contributed by atoms with Crippen molar-refractivity contribution in [2.45, 2.75) is 70.4 Å². The van der Waals surface area contributed by atoms with Crippen molar-refractivity contribution in [3.63, 3.8) is 0 Å². The van der Waals surface area contributed by atoms with E-state index in [0.717, 1.165) is 30.7 Å². The number of carbonyl (C=O) groups excluding carboxylic acids is 1. The monoisotopic (exact) mass is 499 g/mol. The van der Waals surface area contributed by atoms with Gasteiger partial charge in [0.15, 0.2) is 0 Å².